The predicted octanol–water partition coefficient (Wildman–Crippen LogP) is 2.42. The molecule has 20 heavy (non-hydrogen) atoms. The zero-order chi connectivity index (χ0) is 14.5. The summed E-state index contributed by atoms with van der Waals surface area (Å²) in [4.78, 5) is 4.42. The summed E-state index contributed by atoms with van der Waals surface area (Å²) in [6.45, 7) is 2.06. The first-order valence-corrected chi connectivity index (χ1v) is 6.46. The average Bonchev–Trinajstić information content (AvgIpc) is 2.97. The van der Waals surface area contributed by atoms with Crippen LogP contribution in [0, 0.1) is 0 Å². The Kier molecular flexibility index (Phi) is 4.57. The van der Waals surface area contributed by atoms with Gasteiger partial charge in [0.2, 0.25) is 11.7 Å². The number of hydrogen-bond acceptors (Lipinski definition) is 6. The van der Waals surface area contributed by atoms with Crippen LogP contribution in [0.2, 0.25) is 0 Å². The lowest BCUT2D eigenvalue weighted by molar-refractivity contribution is 0.334. The second-order valence-corrected chi connectivity index (χ2v) is 4.28. The maximum absolute atomic E-state index is 5.30. The molecule has 0 spiro atoms. The fourth-order valence-corrected chi connectivity index (χ4v) is 1.97. The first-order chi connectivity index (χ1) is 9.73. The monoisotopic (exact) mass is 277 g/mol. The van der Waals surface area contributed by atoms with E-state index in [1.165, 1.54) is 0 Å². The SMILES string of the molecule is CCC(NC)c1nc(-c2ccc(OC)c(OC)c2)no1. The van der Waals surface area contributed by atoms with E-state index in [0.717, 1.165) is 12.0 Å². The van der Waals surface area contributed by atoms with E-state index in [-0.39, 0.29) is 6.04 Å². The standard InChI is InChI=1S/C14H19N3O3/c1-5-10(15-2)14-16-13(17-20-14)9-6-7-11(18-3)12(8-9)19-4/h6-8,10,15H,5H2,1-4H3. The Balaban J connectivity index is 2.32. The number of methoxy groups -OCH3 is 2. The van der Waals surface area contributed by atoms with Gasteiger partial charge in [0.05, 0.1) is 20.3 Å². The molecule has 1 atom stereocenters. The molecule has 0 saturated carbocycles. The van der Waals surface area contributed by atoms with Crippen molar-refractivity contribution in [2.24, 2.45) is 0 Å². The van der Waals surface area contributed by atoms with Gasteiger partial charge in [0.15, 0.2) is 11.5 Å². The maximum atomic E-state index is 5.30. The minimum absolute atomic E-state index is 0.0661. The third-order valence-corrected chi connectivity index (χ3v) is 3.14. The highest BCUT2D eigenvalue weighted by molar-refractivity contribution is 5.60. The molecule has 0 aliphatic carbocycles. The van der Waals surface area contributed by atoms with Crippen molar-refractivity contribution in [3.8, 4) is 22.9 Å². The normalized spacial score (nSPS) is 12.2. The number of hydrogen-bond donors (Lipinski definition) is 1. The van der Waals surface area contributed by atoms with Crippen LogP contribution in [0.4, 0.5) is 0 Å². The van der Waals surface area contributed by atoms with Crippen LogP contribution < -0.4 is 14.8 Å². The Morgan fingerprint density at radius 3 is 2.60 bits per heavy atom. The quantitative estimate of drug-likeness (QED) is 0.874. The van der Waals surface area contributed by atoms with Gasteiger partial charge in [0.25, 0.3) is 0 Å². The first kappa shape index (κ1) is 14.3. The molecule has 1 aromatic carbocycles. The molecule has 2 aromatic rings. The van der Waals surface area contributed by atoms with E-state index in [1.807, 2.05) is 25.2 Å². The van der Waals surface area contributed by atoms with Gasteiger partial charge in [0.1, 0.15) is 0 Å². The molecule has 0 aliphatic rings. The Hall–Kier alpha value is -2.08. The van der Waals surface area contributed by atoms with E-state index in [9.17, 15) is 0 Å². The molecule has 6 nitrogen and oxygen atoms in total. The van der Waals surface area contributed by atoms with Crippen LogP contribution in [-0.4, -0.2) is 31.4 Å². The predicted molar refractivity (Wildman–Crippen MR) is 74.9 cm³/mol. The lowest BCUT2D eigenvalue weighted by Gasteiger charge is -2.08. The highest BCUT2D eigenvalue weighted by Crippen LogP contribution is 2.31. The number of benzene rings is 1. The molecule has 108 valence electrons. The molecular weight excluding hydrogens is 258 g/mol. The number of rotatable bonds is 6. The minimum atomic E-state index is 0.0661. The van der Waals surface area contributed by atoms with Crippen LogP contribution in [0.3, 0.4) is 0 Å². The van der Waals surface area contributed by atoms with Crippen molar-refractivity contribution in [2.45, 2.75) is 19.4 Å². The summed E-state index contributed by atoms with van der Waals surface area (Å²) >= 11 is 0. The minimum Gasteiger partial charge on any atom is -0.493 e. The summed E-state index contributed by atoms with van der Waals surface area (Å²) in [5.74, 6) is 2.42. The first-order valence-electron chi connectivity index (χ1n) is 6.46. The van der Waals surface area contributed by atoms with Crippen LogP contribution in [0.25, 0.3) is 11.4 Å². The van der Waals surface area contributed by atoms with Crippen molar-refractivity contribution < 1.29 is 14.0 Å². The van der Waals surface area contributed by atoms with Crippen LogP contribution >= 0.6 is 0 Å². The van der Waals surface area contributed by atoms with Gasteiger partial charge in [0, 0.05) is 5.56 Å². The Bertz CT molecular complexity index is 565. The van der Waals surface area contributed by atoms with Crippen LogP contribution in [-0.2, 0) is 0 Å². The molecule has 1 aromatic heterocycles. The van der Waals surface area contributed by atoms with Crippen molar-refractivity contribution in [3.05, 3.63) is 24.1 Å². The molecule has 2 rings (SSSR count). The van der Waals surface area contributed by atoms with Gasteiger partial charge >= 0.3 is 0 Å². The number of nitrogens with zero attached hydrogens (tertiary/aromatic N) is 2. The van der Waals surface area contributed by atoms with E-state index in [0.29, 0.717) is 23.2 Å². The summed E-state index contributed by atoms with van der Waals surface area (Å²) in [6, 6.07) is 5.58. The molecule has 1 heterocycles. The summed E-state index contributed by atoms with van der Waals surface area (Å²) < 4.78 is 15.8. The fraction of sp³-hybridized carbons (Fsp3) is 0.429. The Morgan fingerprint density at radius 2 is 2.00 bits per heavy atom. The third-order valence-electron chi connectivity index (χ3n) is 3.14. The average molecular weight is 277 g/mol. The molecule has 0 amide bonds. The molecule has 0 fully saturated rings. The number of aromatic nitrogens is 2. The zero-order valence-electron chi connectivity index (χ0n) is 12.1. The van der Waals surface area contributed by atoms with Gasteiger partial charge in [-0.15, -0.1) is 0 Å². The van der Waals surface area contributed by atoms with Crippen molar-refractivity contribution in [2.75, 3.05) is 21.3 Å². The van der Waals surface area contributed by atoms with Crippen LogP contribution in [0.5, 0.6) is 11.5 Å². The second-order valence-electron chi connectivity index (χ2n) is 4.28. The molecule has 0 saturated heterocycles. The third kappa shape index (κ3) is 2.75. The second kappa shape index (κ2) is 6.38. The molecule has 1 N–H and O–H groups in total. The van der Waals surface area contributed by atoms with E-state index < -0.39 is 0 Å². The zero-order valence-corrected chi connectivity index (χ0v) is 12.1. The maximum Gasteiger partial charge on any atom is 0.244 e. The molecule has 6 heteroatoms. The van der Waals surface area contributed by atoms with Crippen molar-refractivity contribution >= 4 is 0 Å². The smallest absolute Gasteiger partial charge is 0.244 e. The molecule has 0 bridgehead atoms. The summed E-state index contributed by atoms with van der Waals surface area (Å²) in [7, 11) is 5.06. The van der Waals surface area contributed by atoms with Gasteiger partial charge in [-0.2, -0.15) is 4.98 Å². The molecule has 0 radical (unpaired) electrons. The van der Waals surface area contributed by atoms with Gasteiger partial charge in [-0.05, 0) is 31.7 Å². The Labute approximate surface area is 118 Å². The van der Waals surface area contributed by atoms with Crippen molar-refractivity contribution in [3.63, 3.8) is 0 Å². The van der Waals surface area contributed by atoms with Crippen LogP contribution in [0.1, 0.15) is 25.3 Å². The molecule has 0 aliphatic heterocycles. The van der Waals surface area contributed by atoms with Gasteiger partial charge in [-0.3, -0.25) is 0 Å². The van der Waals surface area contributed by atoms with E-state index in [4.69, 9.17) is 14.0 Å². The van der Waals surface area contributed by atoms with E-state index in [1.54, 1.807) is 14.2 Å². The van der Waals surface area contributed by atoms with Crippen molar-refractivity contribution in [1.29, 1.82) is 0 Å². The largest absolute Gasteiger partial charge is 0.493 e. The number of ether oxygens (including phenoxy) is 2. The lowest BCUT2D eigenvalue weighted by Crippen LogP contribution is -2.15. The van der Waals surface area contributed by atoms with E-state index >= 15 is 0 Å². The lowest BCUT2D eigenvalue weighted by atomic mass is 10.2. The highest BCUT2D eigenvalue weighted by Gasteiger charge is 2.17. The fourth-order valence-electron chi connectivity index (χ4n) is 1.97. The summed E-state index contributed by atoms with van der Waals surface area (Å²) in [5.41, 5.74) is 0.823. The topological polar surface area (TPSA) is 69.4 Å². The Morgan fingerprint density at radius 1 is 1.25 bits per heavy atom. The number of nitrogens with one attached hydrogen (secondary N) is 1. The van der Waals surface area contributed by atoms with Crippen molar-refractivity contribution in [1.82, 2.24) is 15.5 Å². The van der Waals surface area contributed by atoms with Gasteiger partial charge < -0.3 is 19.3 Å². The highest BCUT2D eigenvalue weighted by atomic mass is 16.5. The van der Waals surface area contributed by atoms with Gasteiger partial charge in [-0.25, -0.2) is 0 Å². The van der Waals surface area contributed by atoms with Gasteiger partial charge in [-0.1, -0.05) is 12.1 Å². The van der Waals surface area contributed by atoms with Crippen LogP contribution in [0.15, 0.2) is 22.7 Å². The summed E-state index contributed by atoms with van der Waals surface area (Å²) in [5, 5.41) is 7.14. The summed E-state index contributed by atoms with van der Waals surface area (Å²) in [6.07, 6.45) is 0.879. The molecular formula is C14H19N3O3. The van der Waals surface area contributed by atoms with E-state index in [2.05, 4.69) is 22.4 Å². The molecule has 1 unspecified atom stereocenters.